The predicted molar refractivity (Wildman–Crippen MR) is 120 cm³/mol. The fourth-order valence-electron chi connectivity index (χ4n) is 3.82. The molecule has 3 heterocycles. The molecule has 1 aliphatic rings. The summed E-state index contributed by atoms with van der Waals surface area (Å²) in [5.74, 6) is 1.56. The van der Waals surface area contributed by atoms with E-state index in [1.165, 1.54) is 23.4 Å². The van der Waals surface area contributed by atoms with E-state index in [2.05, 4.69) is 39.2 Å². The number of nitrogens with one attached hydrogen (secondary N) is 1. The molecule has 7 nitrogen and oxygen atoms in total. The zero-order chi connectivity index (χ0) is 21.3. The van der Waals surface area contributed by atoms with Crippen molar-refractivity contribution in [1.82, 2.24) is 9.97 Å². The summed E-state index contributed by atoms with van der Waals surface area (Å²) < 4.78 is 10.6. The maximum Gasteiger partial charge on any atom is 0.266 e. The topological polar surface area (TPSA) is 76.6 Å². The highest BCUT2D eigenvalue weighted by atomic mass is 32.1. The van der Waals surface area contributed by atoms with Gasteiger partial charge in [0, 0.05) is 31.6 Å². The Balaban J connectivity index is 1.56. The van der Waals surface area contributed by atoms with Crippen LogP contribution in [0.3, 0.4) is 0 Å². The zero-order valence-corrected chi connectivity index (χ0v) is 18.5. The first kappa shape index (κ1) is 20.6. The van der Waals surface area contributed by atoms with E-state index in [9.17, 15) is 4.79 Å². The number of ether oxygens (including phenoxy) is 2. The van der Waals surface area contributed by atoms with Gasteiger partial charge in [-0.3, -0.25) is 4.79 Å². The van der Waals surface area contributed by atoms with Crippen molar-refractivity contribution < 1.29 is 14.3 Å². The number of benzene rings is 1. The quantitative estimate of drug-likeness (QED) is 0.635. The van der Waals surface area contributed by atoms with Gasteiger partial charge in [-0.15, -0.1) is 11.3 Å². The first-order valence-corrected chi connectivity index (χ1v) is 10.8. The monoisotopic (exact) mass is 426 g/mol. The van der Waals surface area contributed by atoms with E-state index >= 15 is 0 Å². The number of aromatic nitrogens is 2. The van der Waals surface area contributed by atoms with Gasteiger partial charge in [-0.1, -0.05) is 6.92 Å². The second-order valence-corrected chi connectivity index (χ2v) is 8.66. The molecule has 1 amide bonds. The lowest BCUT2D eigenvalue weighted by Crippen LogP contribution is -2.19. The molecule has 1 fully saturated rings. The number of carbonyl (C=O) groups excluding carboxylic acids is 1. The van der Waals surface area contributed by atoms with Crippen LogP contribution in [0.2, 0.25) is 0 Å². The van der Waals surface area contributed by atoms with Gasteiger partial charge < -0.3 is 19.7 Å². The second-order valence-electron chi connectivity index (χ2n) is 7.66. The van der Waals surface area contributed by atoms with Gasteiger partial charge in [-0.05, 0) is 49.1 Å². The number of carbonyl (C=O) groups is 1. The zero-order valence-electron chi connectivity index (χ0n) is 17.7. The van der Waals surface area contributed by atoms with Crippen LogP contribution in [0, 0.1) is 12.8 Å². The summed E-state index contributed by atoms with van der Waals surface area (Å²) in [4.78, 5) is 25.6. The minimum Gasteiger partial charge on any atom is -0.480 e. The van der Waals surface area contributed by atoms with Crippen molar-refractivity contribution in [2.45, 2.75) is 26.9 Å². The van der Waals surface area contributed by atoms with Gasteiger partial charge in [0.2, 0.25) is 5.88 Å². The molecule has 2 aromatic heterocycles. The molecule has 4 rings (SSSR count). The molecule has 1 aromatic carbocycles. The molecule has 1 saturated heterocycles. The van der Waals surface area contributed by atoms with Crippen LogP contribution in [-0.2, 0) is 11.3 Å². The van der Waals surface area contributed by atoms with Gasteiger partial charge in [0.1, 0.15) is 11.4 Å². The lowest BCUT2D eigenvalue weighted by atomic mass is 10.2. The molecule has 1 atom stereocenters. The molecule has 158 valence electrons. The maximum atomic E-state index is 13.0. The highest BCUT2D eigenvalue weighted by Crippen LogP contribution is 2.35. The molecular weight excluding hydrogens is 400 g/mol. The largest absolute Gasteiger partial charge is 0.480 e. The fraction of sp³-hybridized carbons (Fsp3) is 0.409. The molecule has 0 radical (unpaired) electrons. The summed E-state index contributed by atoms with van der Waals surface area (Å²) in [6.45, 7) is 6.63. The minimum atomic E-state index is -0.159. The van der Waals surface area contributed by atoms with E-state index < -0.39 is 0 Å². The Hall–Kier alpha value is -2.71. The van der Waals surface area contributed by atoms with E-state index in [0.29, 0.717) is 16.6 Å². The van der Waals surface area contributed by atoms with Crippen LogP contribution in [0.1, 0.15) is 34.4 Å². The van der Waals surface area contributed by atoms with E-state index in [1.54, 1.807) is 14.2 Å². The number of methoxy groups -OCH3 is 2. The van der Waals surface area contributed by atoms with Gasteiger partial charge >= 0.3 is 0 Å². The average molecular weight is 427 g/mol. The van der Waals surface area contributed by atoms with Crippen molar-refractivity contribution in [3.05, 3.63) is 40.5 Å². The lowest BCUT2D eigenvalue weighted by molar-refractivity contribution is 0.103. The fourth-order valence-corrected chi connectivity index (χ4v) is 4.90. The van der Waals surface area contributed by atoms with Crippen LogP contribution in [0.5, 0.6) is 5.88 Å². The Morgan fingerprint density at radius 1 is 1.27 bits per heavy atom. The maximum absolute atomic E-state index is 13.0. The number of anilines is 2. The Bertz CT molecular complexity index is 1060. The lowest BCUT2D eigenvalue weighted by Gasteiger charge is -2.18. The number of fused-ring (bicyclic) bond motifs is 1. The van der Waals surface area contributed by atoms with Crippen LogP contribution >= 0.6 is 11.3 Å². The van der Waals surface area contributed by atoms with E-state index in [-0.39, 0.29) is 12.5 Å². The van der Waals surface area contributed by atoms with Crippen LogP contribution in [0.4, 0.5) is 11.4 Å². The Morgan fingerprint density at radius 3 is 2.67 bits per heavy atom. The minimum absolute atomic E-state index is 0.159. The summed E-state index contributed by atoms with van der Waals surface area (Å²) in [7, 11) is 3.16. The molecule has 30 heavy (non-hydrogen) atoms. The molecule has 3 aromatic rings. The third kappa shape index (κ3) is 3.97. The number of thiophene rings is 1. The number of hydrogen-bond donors (Lipinski definition) is 1. The smallest absolute Gasteiger partial charge is 0.266 e. The molecule has 0 spiro atoms. The predicted octanol–water partition coefficient (Wildman–Crippen LogP) is 4.25. The van der Waals surface area contributed by atoms with Gasteiger partial charge in [0.15, 0.2) is 5.82 Å². The number of hydrogen-bond acceptors (Lipinski definition) is 7. The van der Waals surface area contributed by atoms with Gasteiger partial charge in [-0.25, -0.2) is 4.98 Å². The highest BCUT2D eigenvalue weighted by Gasteiger charge is 2.22. The summed E-state index contributed by atoms with van der Waals surface area (Å²) in [6, 6.07) is 8.04. The summed E-state index contributed by atoms with van der Waals surface area (Å²) in [5.41, 5.74) is 2.78. The van der Waals surface area contributed by atoms with Crippen LogP contribution in [-0.4, -0.2) is 43.2 Å². The summed E-state index contributed by atoms with van der Waals surface area (Å²) in [5, 5.41) is 3.77. The van der Waals surface area contributed by atoms with Gasteiger partial charge in [0.05, 0.1) is 17.4 Å². The molecular formula is C22H26N4O3S. The highest BCUT2D eigenvalue weighted by molar-refractivity contribution is 7.20. The SMILES string of the molecule is COCc1nc(OC)c2c(C)c(C(=O)Nc3ccc(N4CCC(C)C4)cc3)sc2n1. The number of amides is 1. The van der Waals surface area contributed by atoms with E-state index in [1.807, 2.05) is 19.1 Å². The Kier molecular flexibility index (Phi) is 5.87. The van der Waals surface area contributed by atoms with Crippen molar-refractivity contribution in [3.63, 3.8) is 0 Å². The average Bonchev–Trinajstić information content (AvgIpc) is 3.32. The van der Waals surface area contributed by atoms with Crippen molar-refractivity contribution in [1.29, 1.82) is 0 Å². The molecule has 0 saturated carbocycles. The molecule has 1 unspecified atom stereocenters. The standard InChI is InChI=1S/C22H26N4O3S/c1-13-9-10-26(11-13)16-7-5-15(6-8-16)23-20(27)19-14(2)18-21(29-4)24-17(12-28-3)25-22(18)30-19/h5-8,13H,9-12H2,1-4H3,(H,23,27). The molecule has 1 N–H and O–H groups in total. The first-order chi connectivity index (χ1) is 14.5. The number of aryl methyl sites for hydroxylation is 1. The van der Waals surface area contributed by atoms with E-state index in [0.717, 1.165) is 40.5 Å². The van der Waals surface area contributed by atoms with Crippen LogP contribution < -0.4 is 15.0 Å². The number of rotatable bonds is 6. The van der Waals surface area contributed by atoms with E-state index in [4.69, 9.17) is 9.47 Å². The molecule has 8 heteroatoms. The van der Waals surface area contributed by atoms with Crippen LogP contribution in [0.15, 0.2) is 24.3 Å². The summed E-state index contributed by atoms with van der Waals surface area (Å²) in [6.07, 6.45) is 1.22. The van der Waals surface area contributed by atoms with Crippen molar-refractivity contribution in [2.24, 2.45) is 5.92 Å². The second kappa shape index (κ2) is 8.57. The van der Waals surface area contributed by atoms with Crippen molar-refractivity contribution >= 4 is 38.8 Å². The molecule has 1 aliphatic heterocycles. The Morgan fingerprint density at radius 2 is 2.03 bits per heavy atom. The van der Waals surface area contributed by atoms with Gasteiger partial charge in [0.25, 0.3) is 5.91 Å². The number of nitrogens with zero attached hydrogens (tertiary/aromatic N) is 3. The first-order valence-electron chi connectivity index (χ1n) is 9.99. The molecule has 0 aliphatic carbocycles. The van der Waals surface area contributed by atoms with Crippen molar-refractivity contribution in [2.75, 3.05) is 37.5 Å². The normalized spacial score (nSPS) is 16.3. The van der Waals surface area contributed by atoms with Gasteiger partial charge in [-0.2, -0.15) is 4.98 Å². The van der Waals surface area contributed by atoms with Crippen LogP contribution in [0.25, 0.3) is 10.2 Å². The van der Waals surface area contributed by atoms with Crippen molar-refractivity contribution in [3.8, 4) is 5.88 Å². The Labute approximate surface area is 180 Å². The third-order valence-corrected chi connectivity index (χ3v) is 6.57. The third-order valence-electron chi connectivity index (χ3n) is 5.39. The molecule has 0 bridgehead atoms. The summed E-state index contributed by atoms with van der Waals surface area (Å²) >= 11 is 1.34.